The number of anilines is 1. The zero-order valence-electron chi connectivity index (χ0n) is 10.7. The number of nitrogens with zero attached hydrogens (tertiary/aromatic N) is 2. The van der Waals surface area contributed by atoms with Gasteiger partial charge in [0, 0.05) is 6.04 Å². The minimum atomic E-state index is 0.483. The average Bonchev–Trinajstić information content (AvgIpc) is 2.77. The van der Waals surface area contributed by atoms with Crippen LogP contribution in [0.15, 0.2) is 4.42 Å². The third kappa shape index (κ3) is 3.43. The number of nitrogens with one attached hydrogen (secondary N) is 2. The van der Waals surface area contributed by atoms with Gasteiger partial charge in [0.15, 0.2) is 0 Å². The SMILES string of the molecule is CCNCc1nnc(NC2CCCCC2C)o1. The van der Waals surface area contributed by atoms with Crippen LogP contribution < -0.4 is 10.6 Å². The molecule has 1 fully saturated rings. The van der Waals surface area contributed by atoms with Crippen LogP contribution in [0.1, 0.15) is 45.4 Å². The van der Waals surface area contributed by atoms with Crippen LogP contribution in [-0.4, -0.2) is 22.8 Å². The minimum absolute atomic E-state index is 0.483. The summed E-state index contributed by atoms with van der Waals surface area (Å²) in [5.41, 5.74) is 0. The number of hydrogen-bond acceptors (Lipinski definition) is 5. The molecule has 2 rings (SSSR count). The highest BCUT2D eigenvalue weighted by Crippen LogP contribution is 2.26. The Labute approximate surface area is 102 Å². The molecule has 1 aromatic rings. The lowest BCUT2D eigenvalue weighted by atomic mass is 9.86. The summed E-state index contributed by atoms with van der Waals surface area (Å²) >= 11 is 0. The second-order valence-corrected chi connectivity index (χ2v) is 4.79. The summed E-state index contributed by atoms with van der Waals surface area (Å²) in [6.07, 6.45) is 5.12. The van der Waals surface area contributed by atoms with E-state index in [1.807, 2.05) is 0 Å². The van der Waals surface area contributed by atoms with E-state index < -0.39 is 0 Å². The van der Waals surface area contributed by atoms with Gasteiger partial charge in [0.05, 0.1) is 6.54 Å². The van der Waals surface area contributed by atoms with Crippen molar-refractivity contribution in [3.63, 3.8) is 0 Å². The highest BCUT2D eigenvalue weighted by atomic mass is 16.4. The van der Waals surface area contributed by atoms with E-state index in [0.717, 1.165) is 6.54 Å². The molecule has 0 spiro atoms. The van der Waals surface area contributed by atoms with Crippen molar-refractivity contribution in [2.45, 2.75) is 52.1 Å². The topological polar surface area (TPSA) is 63.0 Å². The third-order valence-corrected chi connectivity index (χ3v) is 3.41. The fraction of sp³-hybridized carbons (Fsp3) is 0.833. The first-order valence-corrected chi connectivity index (χ1v) is 6.59. The summed E-state index contributed by atoms with van der Waals surface area (Å²) in [4.78, 5) is 0. The van der Waals surface area contributed by atoms with Crippen LogP contribution >= 0.6 is 0 Å². The van der Waals surface area contributed by atoms with Crippen molar-refractivity contribution in [1.29, 1.82) is 0 Å². The molecule has 1 heterocycles. The van der Waals surface area contributed by atoms with Crippen LogP contribution in [0.2, 0.25) is 0 Å². The van der Waals surface area contributed by atoms with E-state index in [-0.39, 0.29) is 0 Å². The fourth-order valence-electron chi connectivity index (χ4n) is 2.30. The maximum Gasteiger partial charge on any atom is 0.315 e. The number of rotatable bonds is 5. The predicted molar refractivity (Wildman–Crippen MR) is 66.7 cm³/mol. The lowest BCUT2D eigenvalue weighted by Crippen LogP contribution is -2.30. The second-order valence-electron chi connectivity index (χ2n) is 4.79. The van der Waals surface area contributed by atoms with Gasteiger partial charge in [-0.2, -0.15) is 0 Å². The highest BCUT2D eigenvalue weighted by molar-refractivity contribution is 5.20. The third-order valence-electron chi connectivity index (χ3n) is 3.41. The second kappa shape index (κ2) is 6.00. The molecule has 2 atom stereocenters. The van der Waals surface area contributed by atoms with Gasteiger partial charge in [0.1, 0.15) is 0 Å². The van der Waals surface area contributed by atoms with Gasteiger partial charge in [-0.05, 0) is 25.3 Å². The minimum Gasteiger partial charge on any atom is -0.407 e. The van der Waals surface area contributed by atoms with Gasteiger partial charge in [-0.3, -0.25) is 0 Å². The molecule has 0 saturated heterocycles. The molecule has 5 nitrogen and oxygen atoms in total. The van der Waals surface area contributed by atoms with Crippen LogP contribution in [0.3, 0.4) is 0 Å². The van der Waals surface area contributed by atoms with Gasteiger partial charge >= 0.3 is 6.01 Å². The van der Waals surface area contributed by atoms with Crippen molar-refractivity contribution in [3.05, 3.63) is 5.89 Å². The van der Waals surface area contributed by atoms with Crippen molar-refractivity contribution in [2.75, 3.05) is 11.9 Å². The van der Waals surface area contributed by atoms with Crippen molar-refractivity contribution in [1.82, 2.24) is 15.5 Å². The lowest BCUT2D eigenvalue weighted by Gasteiger charge is -2.28. The van der Waals surface area contributed by atoms with Crippen molar-refractivity contribution < 1.29 is 4.42 Å². The monoisotopic (exact) mass is 238 g/mol. The van der Waals surface area contributed by atoms with E-state index in [1.165, 1.54) is 25.7 Å². The Morgan fingerprint density at radius 1 is 1.29 bits per heavy atom. The zero-order chi connectivity index (χ0) is 12.1. The Kier molecular flexibility index (Phi) is 4.36. The normalized spacial score (nSPS) is 24.8. The summed E-state index contributed by atoms with van der Waals surface area (Å²) in [7, 11) is 0. The molecule has 1 aliphatic carbocycles. The van der Waals surface area contributed by atoms with E-state index in [2.05, 4.69) is 34.7 Å². The van der Waals surface area contributed by atoms with Gasteiger partial charge in [0.25, 0.3) is 0 Å². The molecule has 0 radical (unpaired) electrons. The van der Waals surface area contributed by atoms with Gasteiger partial charge in [-0.15, -0.1) is 5.10 Å². The Hall–Kier alpha value is -1.10. The van der Waals surface area contributed by atoms with Crippen molar-refractivity contribution in [2.24, 2.45) is 5.92 Å². The molecule has 1 aromatic heterocycles. The molecule has 1 aliphatic rings. The quantitative estimate of drug-likeness (QED) is 0.823. The van der Waals surface area contributed by atoms with Crippen molar-refractivity contribution in [3.8, 4) is 0 Å². The molecule has 17 heavy (non-hydrogen) atoms. The Balaban J connectivity index is 1.87. The van der Waals surface area contributed by atoms with Gasteiger partial charge in [-0.25, -0.2) is 0 Å². The summed E-state index contributed by atoms with van der Waals surface area (Å²) in [5.74, 6) is 1.34. The maximum atomic E-state index is 5.54. The predicted octanol–water partition coefficient (Wildman–Crippen LogP) is 2.17. The fourth-order valence-corrected chi connectivity index (χ4v) is 2.30. The van der Waals surface area contributed by atoms with E-state index in [9.17, 15) is 0 Å². The summed E-state index contributed by atoms with van der Waals surface area (Å²) in [6.45, 7) is 5.89. The molecule has 0 aromatic carbocycles. The van der Waals surface area contributed by atoms with E-state index >= 15 is 0 Å². The first kappa shape index (κ1) is 12.4. The number of aromatic nitrogens is 2. The standard InChI is InChI=1S/C12H22N4O/c1-3-13-8-11-15-16-12(17-11)14-10-7-5-4-6-9(10)2/h9-10,13H,3-8H2,1-2H3,(H,14,16). The van der Waals surface area contributed by atoms with Gasteiger partial charge in [0.2, 0.25) is 5.89 Å². The Bertz CT molecular complexity index is 339. The largest absolute Gasteiger partial charge is 0.407 e. The van der Waals surface area contributed by atoms with E-state index in [4.69, 9.17) is 4.42 Å². The molecule has 0 aliphatic heterocycles. The first-order chi connectivity index (χ1) is 8.29. The smallest absolute Gasteiger partial charge is 0.315 e. The zero-order valence-corrected chi connectivity index (χ0v) is 10.7. The molecular formula is C12H22N4O. The Morgan fingerprint density at radius 2 is 2.12 bits per heavy atom. The van der Waals surface area contributed by atoms with Crippen LogP contribution in [0.25, 0.3) is 0 Å². The molecule has 5 heteroatoms. The van der Waals surface area contributed by atoms with Gasteiger partial charge in [-0.1, -0.05) is 31.8 Å². The Morgan fingerprint density at radius 3 is 2.88 bits per heavy atom. The molecule has 1 saturated carbocycles. The summed E-state index contributed by atoms with van der Waals surface area (Å²) in [6, 6.07) is 1.05. The van der Waals surface area contributed by atoms with Crippen molar-refractivity contribution >= 4 is 6.01 Å². The first-order valence-electron chi connectivity index (χ1n) is 6.59. The lowest BCUT2D eigenvalue weighted by molar-refractivity contribution is 0.341. The van der Waals surface area contributed by atoms with E-state index in [1.54, 1.807) is 0 Å². The van der Waals surface area contributed by atoms with E-state index in [0.29, 0.717) is 30.4 Å². The molecule has 0 amide bonds. The van der Waals surface area contributed by atoms with Crippen LogP contribution in [0.4, 0.5) is 6.01 Å². The molecule has 2 N–H and O–H groups in total. The molecule has 96 valence electrons. The van der Waals surface area contributed by atoms with Crippen LogP contribution in [-0.2, 0) is 6.54 Å². The number of hydrogen-bond donors (Lipinski definition) is 2. The van der Waals surface area contributed by atoms with Crippen LogP contribution in [0, 0.1) is 5.92 Å². The van der Waals surface area contributed by atoms with Crippen LogP contribution in [0.5, 0.6) is 0 Å². The molecular weight excluding hydrogens is 216 g/mol. The molecule has 2 unspecified atom stereocenters. The summed E-state index contributed by atoms with van der Waals surface area (Å²) in [5, 5.41) is 14.6. The molecule has 0 bridgehead atoms. The highest BCUT2D eigenvalue weighted by Gasteiger charge is 2.22. The average molecular weight is 238 g/mol. The maximum absolute atomic E-state index is 5.54. The van der Waals surface area contributed by atoms with Gasteiger partial charge < -0.3 is 15.1 Å². The summed E-state index contributed by atoms with van der Waals surface area (Å²) < 4.78 is 5.54.